The largest absolute Gasteiger partial charge is 0.340 e. The van der Waals surface area contributed by atoms with E-state index in [0.717, 1.165) is 39.5 Å². The van der Waals surface area contributed by atoms with Crippen LogP contribution in [0.15, 0.2) is 33.6 Å². The number of carbonyl (C=O) groups is 1. The molecule has 4 heterocycles. The highest BCUT2D eigenvalue weighted by atomic mass is 32.1. The van der Waals surface area contributed by atoms with E-state index < -0.39 is 0 Å². The van der Waals surface area contributed by atoms with Gasteiger partial charge in [0.05, 0.1) is 11.9 Å². The molecule has 0 unspecified atom stereocenters. The van der Waals surface area contributed by atoms with Crippen LogP contribution >= 0.6 is 11.3 Å². The Labute approximate surface area is 206 Å². The van der Waals surface area contributed by atoms with E-state index in [1.807, 2.05) is 49.9 Å². The standard InChI is InChI=1S/C25H28N6O3S/c1-15-6-4-5-7-18(15)23-28-20(34-29-23)14-30-10-12-31(13-11-30)21(32)9-8-19-26-24(33)22-16(2)17(3)35-25(22)27-19/h4-7H,8-14H2,1-3H3,(H,26,27,33). The van der Waals surface area contributed by atoms with Gasteiger partial charge in [-0.2, -0.15) is 4.98 Å². The normalized spacial score (nSPS) is 14.7. The van der Waals surface area contributed by atoms with Gasteiger partial charge in [0.25, 0.3) is 5.56 Å². The molecule has 0 saturated carbocycles. The molecule has 3 aromatic heterocycles. The number of piperazine rings is 1. The molecule has 1 aliphatic heterocycles. The van der Waals surface area contributed by atoms with Gasteiger partial charge in [-0.1, -0.05) is 29.4 Å². The van der Waals surface area contributed by atoms with Crippen LogP contribution in [0.5, 0.6) is 0 Å². The molecule has 10 heteroatoms. The Morgan fingerprint density at radius 2 is 1.89 bits per heavy atom. The summed E-state index contributed by atoms with van der Waals surface area (Å²) in [6.45, 7) is 9.28. The van der Waals surface area contributed by atoms with Crippen molar-refractivity contribution in [2.45, 2.75) is 40.2 Å². The molecule has 5 rings (SSSR count). The highest BCUT2D eigenvalue weighted by Gasteiger charge is 2.23. The molecular formula is C25H28N6O3S. The number of amides is 1. The van der Waals surface area contributed by atoms with Crippen molar-refractivity contribution in [2.24, 2.45) is 0 Å². The summed E-state index contributed by atoms with van der Waals surface area (Å²) < 4.78 is 5.47. The second-order valence-corrected chi connectivity index (χ2v) is 10.2. The van der Waals surface area contributed by atoms with Crippen LogP contribution in [0.25, 0.3) is 21.6 Å². The van der Waals surface area contributed by atoms with Gasteiger partial charge < -0.3 is 14.4 Å². The first-order valence-corrected chi connectivity index (χ1v) is 12.6. The van der Waals surface area contributed by atoms with Gasteiger partial charge in [0.2, 0.25) is 17.6 Å². The fraction of sp³-hybridized carbons (Fsp3) is 0.400. The Balaban J connectivity index is 1.13. The van der Waals surface area contributed by atoms with E-state index in [2.05, 4.69) is 25.0 Å². The monoisotopic (exact) mass is 492 g/mol. The van der Waals surface area contributed by atoms with Gasteiger partial charge >= 0.3 is 0 Å². The molecule has 0 spiro atoms. The fourth-order valence-electron chi connectivity index (χ4n) is 4.40. The number of hydrogen-bond donors (Lipinski definition) is 1. The number of H-pyrrole nitrogens is 1. The molecule has 1 aromatic carbocycles. The van der Waals surface area contributed by atoms with Gasteiger partial charge in [0.15, 0.2) is 0 Å². The molecule has 35 heavy (non-hydrogen) atoms. The van der Waals surface area contributed by atoms with Crippen molar-refractivity contribution in [2.75, 3.05) is 26.2 Å². The zero-order valence-electron chi connectivity index (χ0n) is 20.1. The van der Waals surface area contributed by atoms with Crippen molar-refractivity contribution >= 4 is 27.5 Å². The molecule has 182 valence electrons. The Bertz CT molecular complexity index is 1430. The first-order valence-electron chi connectivity index (χ1n) is 11.8. The Hall–Kier alpha value is -3.37. The highest BCUT2D eigenvalue weighted by Crippen LogP contribution is 2.26. The van der Waals surface area contributed by atoms with E-state index in [1.54, 1.807) is 0 Å². The predicted molar refractivity (Wildman–Crippen MR) is 134 cm³/mol. The molecule has 0 bridgehead atoms. The van der Waals surface area contributed by atoms with Crippen LogP contribution in [0.2, 0.25) is 0 Å². The number of aryl methyl sites for hydroxylation is 4. The molecule has 4 aromatic rings. The van der Waals surface area contributed by atoms with E-state index in [4.69, 9.17) is 4.52 Å². The van der Waals surface area contributed by atoms with Gasteiger partial charge in [0.1, 0.15) is 10.7 Å². The summed E-state index contributed by atoms with van der Waals surface area (Å²) in [5.41, 5.74) is 2.93. The van der Waals surface area contributed by atoms with Crippen LogP contribution in [0.3, 0.4) is 0 Å². The third-order valence-electron chi connectivity index (χ3n) is 6.60. The smallest absolute Gasteiger partial charge is 0.259 e. The van der Waals surface area contributed by atoms with Crippen molar-refractivity contribution in [1.29, 1.82) is 0 Å². The summed E-state index contributed by atoms with van der Waals surface area (Å²) in [6.07, 6.45) is 0.741. The van der Waals surface area contributed by atoms with Gasteiger partial charge in [-0.05, 0) is 31.9 Å². The fourth-order valence-corrected chi connectivity index (χ4v) is 5.45. The number of nitrogens with one attached hydrogen (secondary N) is 1. The van der Waals surface area contributed by atoms with Crippen molar-refractivity contribution < 1.29 is 9.32 Å². The Morgan fingerprint density at radius 3 is 2.66 bits per heavy atom. The Morgan fingerprint density at radius 1 is 1.11 bits per heavy atom. The number of thiophene rings is 1. The first-order chi connectivity index (χ1) is 16.9. The molecule has 0 aliphatic carbocycles. The lowest BCUT2D eigenvalue weighted by Gasteiger charge is -2.34. The molecule has 1 aliphatic rings. The van der Waals surface area contributed by atoms with Crippen LogP contribution in [-0.4, -0.2) is 62.0 Å². The van der Waals surface area contributed by atoms with Crippen molar-refractivity contribution in [3.05, 3.63) is 62.3 Å². The van der Waals surface area contributed by atoms with E-state index >= 15 is 0 Å². The number of aromatic nitrogens is 4. The minimum absolute atomic E-state index is 0.0746. The van der Waals surface area contributed by atoms with Gasteiger partial charge in [-0.25, -0.2) is 4.98 Å². The number of fused-ring (bicyclic) bond motifs is 1. The second kappa shape index (κ2) is 9.71. The van der Waals surface area contributed by atoms with E-state index in [9.17, 15) is 9.59 Å². The minimum Gasteiger partial charge on any atom is -0.340 e. The summed E-state index contributed by atoms with van der Waals surface area (Å²) in [4.78, 5) is 43.2. The highest BCUT2D eigenvalue weighted by molar-refractivity contribution is 7.18. The van der Waals surface area contributed by atoms with Gasteiger partial charge in [-0.3, -0.25) is 14.5 Å². The zero-order chi connectivity index (χ0) is 24.5. The van der Waals surface area contributed by atoms with Crippen LogP contribution in [0.1, 0.15) is 34.1 Å². The van der Waals surface area contributed by atoms with Crippen molar-refractivity contribution in [3.8, 4) is 11.4 Å². The molecular weight excluding hydrogens is 464 g/mol. The molecule has 1 saturated heterocycles. The minimum atomic E-state index is -0.125. The van der Waals surface area contributed by atoms with E-state index in [1.165, 1.54) is 11.3 Å². The molecule has 1 fully saturated rings. The van der Waals surface area contributed by atoms with Crippen LogP contribution in [0, 0.1) is 20.8 Å². The molecule has 1 amide bonds. The molecule has 0 atom stereocenters. The number of nitrogens with zero attached hydrogens (tertiary/aromatic N) is 5. The summed E-state index contributed by atoms with van der Waals surface area (Å²) in [6, 6.07) is 7.96. The number of benzene rings is 1. The number of hydrogen-bond acceptors (Lipinski definition) is 8. The first kappa shape index (κ1) is 23.4. The average molecular weight is 493 g/mol. The van der Waals surface area contributed by atoms with E-state index in [0.29, 0.717) is 55.4 Å². The SMILES string of the molecule is Cc1ccccc1-c1noc(CN2CCN(C(=O)CCc3nc4sc(C)c(C)c4c(=O)[nH]3)CC2)n1. The number of carbonyl (C=O) groups excluding carboxylic acids is 1. The maximum Gasteiger partial charge on any atom is 0.259 e. The topological polar surface area (TPSA) is 108 Å². The summed E-state index contributed by atoms with van der Waals surface area (Å²) in [5.74, 6) is 1.82. The third-order valence-corrected chi connectivity index (χ3v) is 7.70. The van der Waals surface area contributed by atoms with E-state index in [-0.39, 0.29) is 11.5 Å². The van der Waals surface area contributed by atoms with Gasteiger partial charge in [0, 0.05) is 49.5 Å². The average Bonchev–Trinajstić information content (AvgIpc) is 3.42. The zero-order valence-corrected chi connectivity index (χ0v) is 20.9. The molecule has 1 N–H and O–H groups in total. The molecule has 0 radical (unpaired) electrons. The maximum absolute atomic E-state index is 12.8. The Kier molecular flexibility index (Phi) is 6.48. The third kappa shape index (κ3) is 4.89. The summed E-state index contributed by atoms with van der Waals surface area (Å²) >= 11 is 1.52. The lowest BCUT2D eigenvalue weighted by atomic mass is 10.1. The van der Waals surface area contributed by atoms with Crippen LogP contribution in [-0.2, 0) is 17.8 Å². The lowest BCUT2D eigenvalue weighted by Crippen LogP contribution is -2.48. The number of rotatable bonds is 6. The predicted octanol–water partition coefficient (Wildman–Crippen LogP) is 3.24. The maximum atomic E-state index is 12.8. The second-order valence-electron chi connectivity index (χ2n) is 8.96. The van der Waals surface area contributed by atoms with Gasteiger partial charge in [-0.15, -0.1) is 11.3 Å². The summed E-state index contributed by atoms with van der Waals surface area (Å²) in [7, 11) is 0. The summed E-state index contributed by atoms with van der Waals surface area (Å²) in [5, 5.41) is 4.79. The van der Waals surface area contributed by atoms with Crippen LogP contribution < -0.4 is 5.56 Å². The van der Waals surface area contributed by atoms with Crippen molar-refractivity contribution in [3.63, 3.8) is 0 Å². The van der Waals surface area contributed by atoms with Crippen LogP contribution in [0.4, 0.5) is 0 Å². The quantitative estimate of drug-likeness (QED) is 0.440. The number of aromatic amines is 1. The van der Waals surface area contributed by atoms with Crippen molar-refractivity contribution in [1.82, 2.24) is 29.9 Å². The lowest BCUT2D eigenvalue weighted by molar-refractivity contribution is -0.133. The molecule has 9 nitrogen and oxygen atoms in total.